The van der Waals surface area contributed by atoms with Crippen molar-refractivity contribution in [3.05, 3.63) is 42.6 Å². The number of aromatic nitrogens is 3. The van der Waals surface area contributed by atoms with Gasteiger partial charge in [0.1, 0.15) is 11.6 Å². The molecular weight excluding hydrogens is 150 g/mol. The zero-order valence-corrected chi connectivity index (χ0v) is 6.81. The molecule has 0 fully saturated rings. The van der Waals surface area contributed by atoms with Gasteiger partial charge in [-0.15, -0.1) is 0 Å². The molecule has 0 N–H and O–H groups in total. The summed E-state index contributed by atoms with van der Waals surface area (Å²) in [6.45, 7) is 1.88. The van der Waals surface area contributed by atoms with E-state index in [2.05, 4.69) is 9.97 Å². The highest BCUT2D eigenvalue weighted by Gasteiger charge is 1.94. The molecule has 2 rings (SSSR count). The number of hydrogen-bond acceptors (Lipinski definition) is 2. The second kappa shape index (κ2) is 2.77. The van der Waals surface area contributed by atoms with Crippen LogP contribution in [0.2, 0.25) is 0 Å². The fraction of sp³-hybridized carbons (Fsp3) is 0.111. The van der Waals surface area contributed by atoms with Gasteiger partial charge in [0.25, 0.3) is 0 Å². The summed E-state index contributed by atoms with van der Waals surface area (Å²) in [5.74, 6) is 1.70. The minimum Gasteiger partial charge on any atom is -0.309 e. The second-order valence-corrected chi connectivity index (χ2v) is 2.55. The summed E-state index contributed by atoms with van der Waals surface area (Å²) < 4.78 is 1.95. The van der Waals surface area contributed by atoms with Crippen LogP contribution in [-0.4, -0.2) is 14.5 Å². The third-order valence-corrected chi connectivity index (χ3v) is 1.63. The van der Waals surface area contributed by atoms with Crippen molar-refractivity contribution in [3.63, 3.8) is 0 Å². The number of nitrogens with zero attached hydrogens (tertiary/aromatic N) is 3. The maximum Gasteiger partial charge on any atom is 0.140 e. The molecule has 0 spiro atoms. The zero-order chi connectivity index (χ0) is 8.39. The van der Waals surface area contributed by atoms with Gasteiger partial charge in [-0.3, -0.25) is 0 Å². The summed E-state index contributed by atoms with van der Waals surface area (Å²) >= 11 is 0. The first-order chi connectivity index (χ1) is 5.86. The lowest BCUT2D eigenvalue weighted by atomic mass is 10.5. The van der Waals surface area contributed by atoms with Gasteiger partial charge in [0.2, 0.25) is 0 Å². The Morgan fingerprint density at radius 2 is 2.00 bits per heavy atom. The maximum absolute atomic E-state index is 4.27. The molecule has 2 heterocycles. The van der Waals surface area contributed by atoms with Crippen LogP contribution in [0.1, 0.15) is 5.82 Å². The Morgan fingerprint density at radius 3 is 2.67 bits per heavy atom. The van der Waals surface area contributed by atoms with Crippen LogP contribution in [0.4, 0.5) is 0 Å². The number of hydrogen-bond donors (Lipinski definition) is 0. The summed E-state index contributed by atoms with van der Waals surface area (Å²) in [6, 6.07) is 5.82. The van der Waals surface area contributed by atoms with Gasteiger partial charge in [-0.25, -0.2) is 9.97 Å². The largest absolute Gasteiger partial charge is 0.309 e. The van der Waals surface area contributed by atoms with E-state index >= 15 is 0 Å². The topological polar surface area (TPSA) is 30.7 Å². The highest BCUT2D eigenvalue weighted by Crippen LogP contribution is 2.02. The van der Waals surface area contributed by atoms with E-state index in [0.717, 1.165) is 11.6 Å². The molecule has 0 atom stereocenters. The first-order valence-electron chi connectivity index (χ1n) is 3.79. The summed E-state index contributed by atoms with van der Waals surface area (Å²) in [4.78, 5) is 8.29. The van der Waals surface area contributed by atoms with Crippen molar-refractivity contribution < 1.29 is 0 Å². The molecular formula is C9H9N3. The predicted octanol–water partition coefficient (Wildman–Crippen LogP) is 1.58. The van der Waals surface area contributed by atoms with Gasteiger partial charge in [-0.1, -0.05) is 0 Å². The maximum atomic E-state index is 4.27. The molecule has 0 bridgehead atoms. The summed E-state index contributed by atoms with van der Waals surface area (Å²) in [6.07, 6.45) is 5.68. The van der Waals surface area contributed by atoms with Gasteiger partial charge in [0.15, 0.2) is 0 Å². The average molecular weight is 159 g/mol. The van der Waals surface area contributed by atoms with Crippen molar-refractivity contribution in [2.24, 2.45) is 0 Å². The van der Waals surface area contributed by atoms with Crippen molar-refractivity contribution in [1.29, 1.82) is 0 Å². The summed E-state index contributed by atoms with van der Waals surface area (Å²) in [7, 11) is 0. The Morgan fingerprint density at radius 1 is 1.25 bits per heavy atom. The van der Waals surface area contributed by atoms with Crippen LogP contribution in [0.25, 0.3) is 5.82 Å². The molecule has 0 aromatic carbocycles. The molecule has 0 amide bonds. The van der Waals surface area contributed by atoms with Crippen LogP contribution in [-0.2, 0) is 0 Å². The molecule has 12 heavy (non-hydrogen) atoms. The minimum absolute atomic E-state index is 0.793. The van der Waals surface area contributed by atoms with Gasteiger partial charge in [0, 0.05) is 18.6 Å². The van der Waals surface area contributed by atoms with Gasteiger partial charge < -0.3 is 4.57 Å². The molecule has 60 valence electrons. The second-order valence-electron chi connectivity index (χ2n) is 2.55. The first kappa shape index (κ1) is 7.03. The van der Waals surface area contributed by atoms with Crippen LogP contribution in [0.5, 0.6) is 0 Å². The van der Waals surface area contributed by atoms with Gasteiger partial charge in [-0.2, -0.15) is 0 Å². The van der Waals surface area contributed by atoms with Crippen LogP contribution < -0.4 is 0 Å². The van der Waals surface area contributed by atoms with E-state index in [9.17, 15) is 0 Å². The predicted molar refractivity (Wildman–Crippen MR) is 46.1 cm³/mol. The van der Waals surface area contributed by atoms with Gasteiger partial charge >= 0.3 is 0 Å². The Kier molecular flexibility index (Phi) is 1.63. The van der Waals surface area contributed by atoms with Crippen molar-refractivity contribution >= 4 is 0 Å². The SMILES string of the molecule is Cc1nccc(-n2cccc2)n1. The quantitative estimate of drug-likeness (QED) is 0.632. The Hall–Kier alpha value is -1.64. The van der Waals surface area contributed by atoms with Crippen LogP contribution in [0, 0.1) is 6.92 Å². The average Bonchev–Trinajstić information content (AvgIpc) is 2.56. The molecule has 2 aromatic heterocycles. The first-order valence-corrected chi connectivity index (χ1v) is 3.79. The molecule has 3 heteroatoms. The molecule has 0 aliphatic rings. The molecule has 0 saturated heterocycles. The van der Waals surface area contributed by atoms with E-state index in [-0.39, 0.29) is 0 Å². The lowest BCUT2D eigenvalue weighted by molar-refractivity contribution is 0.945. The molecule has 0 aliphatic carbocycles. The Balaban J connectivity index is 2.48. The lowest BCUT2D eigenvalue weighted by Gasteiger charge is -2.00. The fourth-order valence-corrected chi connectivity index (χ4v) is 1.07. The van der Waals surface area contributed by atoms with Gasteiger partial charge in [-0.05, 0) is 25.1 Å². The monoisotopic (exact) mass is 159 g/mol. The summed E-state index contributed by atoms with van der Waals surface area (Å²) in [5.41, 5.74) is 0. The molecule has 3 nitrogen and oxygen atoms in total. The molecule has 0 saturated carbocycles. The Labute approximate surface area is 70.7 Å². The van der Waals surface area contributed by atoms with E-state index in [1.807, 2.05) is 42.1 Å². The highest BCUT2D eigenvalue weighted by atomic mass is 15.1. The highest BCUT2D eigenvalue weighted by molar-refractivity contribution is 5.21. The van der Waals surface area contributed by atoms with Crippen LogP contribution >= 0.6 is 0 Å². The van der Waals surface area contributed by atoms with E-state index in [1.54, 1.807) is 6.20 Å². The normalized spacial score (nSPS) is 10.1. The summed E-state index contributed by atoms with van der Waals surface area (Å²) in [5, 5.41) is 0. The molecule has 2 aromatic rings. The van der Waals surface area contributed by atoms with E-state index in [1.165, 1.54) is 0 Å². The number of rotatable bonds is 1. The van der Waals surface area contributed by atoms with Gasteiger partial charge in [0.05, 0.1) is 0 Å². The molecule has 0 unspecified atom stereocenters. The van der Waals surface area contributed by atoms with Crippen molar-refractivity contribution in [2.45, 2.75) is 6.92 Å². The fourth-order valence-electron chi connectivity index (χ4n) is 1.07. The van der Waals surface area contributed by atoms with E-state index in [0.29, 0.717) is 0 Å². The van der Waals surface area contributed by atoms with Crippen molar-refractivity contribution in [2.75, 3.05) is 0 Å². The standard InChI is InChI=1S/C9H9N3/c1-8-10-5-4-9(11-8)12-6-2-3-7-12/h2-7H,1H3. The van der Waals surface area contributed by atoms with Crippen LogP contribution in [0.3, 0.4) is 0 Å². The van der Waals surface area contributed by atoms with E-state index in [4.69, 9.17) is 0 Å². The lowest BCUT2D eigenvalue weighted by Crippen LogP contribution is -1.96. The zero-order valence-electron chi connectivity index (χ0n) is 6.81. The minimum atomic E-state index is 0.793. The number of aryl methyl sites for hydroxylation is 1. The van der Waals surface area contributed by atoms with Crippen molar-refractivity contribution in [1.82, 2.24) is 14.5 Å². The Bertz CT molecular complexity index is 365. The molecule has 0 aliphatic heterocycles. The molecule has 0 radical (unpaired) electrons. The third-order valence-electron chi connectivity index (χ3n) is 1.63. The van der Waals surface area contributed by atoms with E-state index < -0.39 is 0 Å². The van der Waals surface area contributed by atoms with Crippen LogP contribution in [0.15, 0.2) is 36.8 Å². The smallest absolute Gasteiger partial charge is 0.140 e. The third kappa shape index (κ3) is 1.21. The van der Waals surface area contributed by atoms with Crippen molar-refractivity contribution in [3.8, 4) is 5.82 Å².